The molecule has 14 heavy (non-hydrogen) atoms. The molecule has 5 nitrogen and oxygen atoms in total. The highest BCUT2D eigenvalue weighted by Gasteiger charge is 1.95. The standard InChI is InChI=1S/C9H18O5/c1-2-3-7-13-14-8-5-4-6-12-9(10)11/h2-8H2,1H3,(H,10,11). The Hall–Kier alpha value is -0.810. The molecule has 0 aliphatic carbocycles. The number of ether oxygens (including phenoxy) is 1. The van der Waals surface area contributed by atoms with Gasteiger partial charge >= 0.3 is 6.16 Å². The van der Waals surface area contributed by atoms with Crippen LogP contribution in [0.15, 0.2) is 0 Å². The molecule has 0 saturated heterocycles. The second-order valence-corrected chi connectivity index (χ2v) is 2.82. The van der Waals surface area contributed by atoms with E-state index in [1.54, 1.807) is 0 Å². The van der Waals surface area contributed by atoms with Crippen LogP contribution in [0.5, 0.6) is 0 Å². The van der Waals surface area contributed by atoms with E-state index in [0.29, 0.717) is 19.6 Å². The molecule has 0 atom stereocenters. The molecule has 0 rings (SSSR count). The molecule has 1 N–H and O–H groups in total. The fourth-order valence-electron chi connectivity index (χ4n) is 0.744. The van der Waals surface area contributed by atoms with Crippen LogP contribution >= 0.6 is 0 Å². The first-order chi connectivity index (χ1) is 6.77. The number of carboxylic acid groups (broad SMARTS) is 1. The van der Waals surface area contributed by atoms with E-state index >= 15 is 0 Å². The van der Waals surface area contributed by atoms with Crippen molar-refractivity contribution in [1.82, 2.24) is 0 Å². The van der Waals surface area contributed by atoms with E-state index in [1.165, 1.54) is 0 Å². The van der Waals surface area contributed by atoms with Gasteiger partial charge < -0.3 is 9.84 Å². The van der Waals surface area contributed by atoms with Crippen LogP contribution in [0, 0.1) is 0 Å². The highest BCUT2D eigenvalue weighted by atomic mass is 17.2. The van der Waals surface area contributed by atoms with Crippen molar-refractivity contribution >= 4 is 6.16 Å². The maximum atomic E-state index is 9.93. The molecule has 0 aromatic heterocycles. The predicted molar refractivity (Wildman–Crippen MR) is 50.0 cm³/mol. The Morgan fingerprint density at radius 1 is 1.07 bits per heavy atom. The number of rotatable bonds is 9. The van der Waals surface area contributed by atoms with Crippen LogP contribution in [0.2, 0.25) is 0 Å². The summed E-state index contributed by atoms with van der Waals surface area (Å²) in [5, 5.41) is 8.14. The minimum Gasteiger partial charge on any atom is -0.450 e. The minimum absolute atomic E-state index is 0.216. The van der Waals surface area contributed by atoms with E-state index in [4.69, 9.17) is 14.9 Å². The normalized spacial score (nSPS) is 10.1. The summed E-state index contributed by atoms with van der Waals surface area (Å²) in [5.41, 5.74) is 0. The molecule has 0 aromatic carbocycles. The van der Waals surface area contributed by atoms with Crippen molar-refractivity contribution in [3.63, 3.8) is 0 Å². The van der Waals surface area contributed by atoms with Gasteiger partial charge in [0, 0.05) is 0 Å². The third-order valence-electron chi connectivity index (χ3n) is 1.51. The number of hydrogen-bond donors (Lipinski definition) is 1. The lowest BCUT2D eigenvalue weighted by atomic mass is 10.3. The Labute approximate surface area is 83.9 Å². The number of hydrogen-bond acceptors (Lipinski definition) is 4. The van der Waals surface area contributed by atoms with Crippen LogP contribution in [0.1, 0.15) is 32.6 Å². The van der Waals surface area contributed by atoms with Gasteiger partial charge in [0.15, 0.2) is 0 Å². The zero-order chi connectivity index (χ0) is 10.6. The molecule has 0 heterocycles. The summed E-state index contributed by atoms with van der Waals surface area (Å²) in [5.74, 6) is 0. The lowest BCUT2D eigenvalue weighted by Gasteiger charge is -2.03. The van der Waals surface area contributed by atoms with Gasteiger partial charge in [0.1, 0.15) is 0 Å². The van der Waals surface area contributed by atoms with E-state index in [-0.39, 0.29) is 6.61 Å². The van der Waals surface area contributed by atoms with Gasteiger partial charge in [0.2, 0.25) is 0 Å². The first-order valence-electron chi connectivity index (χ1n) is 4.87. The summed E-state index contributed by atoms with van der Waals surface area (Å²) < 4.78 is 4.31. The molecule has 0 aliphatic heterocycles. The molecule has 0 unspecified atom stereocenters. The lowest BCUT2D eigenvalue weighted by molar-refractivity contribution is -0.295. The van der Waals surface area contributed by atoms with Gasteiger partial charge in [0.25, 0.3) is 0 Å². The second kappa shape index (κ2) is 10.3. The monoisotopic (exact) mass is 206 g/mol. The lowest BCUT2D eigenvalue weighted by Crippen LogP contribution is -2.04. The van der Waals surface area contributed by atoms with Gasteiger partial charge in [-0.3, -0.25) is 0 Å². The van der Waals surface area contributed by atoms with Gasteiger partial charge in [-0.15, -0.1) is 0 Å². The molecule has 0 amide bonds. The van der Waals surface area contributed by atoms with Gasteiger partial charge in [0.05, 0.1) is 19.8 Å². The summed E-state index contributed by atoms with van der Waals surface area (Å²) in [7, 11) is 0. The van der Waals surface area contributed by atoms with E-state index in [2.05, 4.69) is 11.7 Å². The summed E-state index contributed by atoms with van der Waals surface area (Å²) >= 11 is 0. The molecule has 0 saturated carbocycles. The molecule has 0 fully saturated rings. The van der Waals surface area contributed by atoms with Crippen LogP contribution in [0.3, 0.4) is 0 Å². The molecule has 0 aliphatic rings. The van der Waals surface area contributed by atoms with E-state index in [1.807, 2.05) is 0 Å². The summed E-state index contributed by atoms with van der Waals surface area (Å²) in [4.78, 5) is 19.6. The number of unbranched alkanes of at least 4 members (excludes halogenated alkanes) is 2. The first kappa shape index (κ1) is 13.2. The topological polar surface area (TPSA) is 65.0 Å². The Kier molecular flexibility index (Phi) is 9.68. The third kappa shape index (κ3) is 11.2. The van der Waals surface area contributed by atoms with Crippen molar-refractivity contribution in [1.29, 1.82) is 0 Å². The maximum absolute atomic E-state index is 9.93. The van der Waals surface area contributed by atoms with Crippen LogP contribution in [0.4, 0.5) is 4.79 Å². The third-order valence-corrected chi connectivity index (χ3v) is 1.51. The van der Waals surface area contributed by atoms with Gasteiger partial charge in [-0.1, -0.05) is 13.3 Å². The minimum atomic E-state index is -1.23. The molecule has 0 aromatic rings. The average molecular weight is 206 g/mol. The van der Waals surface area contributed by atoms with Gasteiger partial charge in [-0.05, 0) is 19.3 Å². The Morgan fingerprint density at radius 2 is 1.64 bits per heavy atom. The predicted octanol–water partition coefficient (Wildman–Crippen LogP) is 2.21. The van der Waals surface area contributed by atoms with Crippen molar-refractivity contribution in [3.8, 4) is 0 Å². The largest absolute Gasteiger partial charge is 0.505 e. The van der Waals surface area contributed by atoms with E-state index in [0.717, 1.165) is 19.3 Å². The van der Waals surface area contributed by atoms with Gasteiger partial charge in [-0.25, -0.2) is 14.6 Å². The second-order valence-electron chi connectivity index (χ2n) is 2.82. The zero-order valence-corrected chi connectivity index (χ0v) is 8.53. The molecular weight excluding hydrogens is 188 g/mol. The molecule has 0 bridgehead atoms. The summed E-state index contributed by atoms with van der Waals surface area (Å²) in [6, 6.07) is 0. The Morgan fingerprint density at radius 3 is 2.21 bits per heavy atom. The smallest absolute Gasteiger partial charge is 0.450 e. The zero-order valence-electron chi connectivity index (χ0n) is 8.53. The SMILES string of the molecule is CCCCOOCCCCOC(=O)O. The van der Waals surface area contributed by atoms with Crippen molar-refractivity contribution in [2.24, 2.45) is 0 Å². The van der Waals surface area contributed by atoms with Crippen LogP contribution in [-0.4, -0.2) is 31.1 Å². The van der Waals surface area contributed by atoms with Crippen LogP contribution < -0.4 is 0 Å². The molecular formula is C9H18O5. The number of carbonyl (C=O) groups is 1. The van der Waals surface area contributed by atoms with Crippen molar-refractivity contribution in [3.05, 3.63) is 0 Å². The molecule has 5 heteroatoms. The fourth-order valence-corrected chi connectivity index (χ4v) is 0.744. The van der Waals surface area contributed by atoms with Crippen LogP contribution in [-0.2, 0) is 14.5 Å². The average Bonchev–Trinajstić information content (AvgIpc) is 2.15. The van der Waals surface area contributed by atoms with Crippen molar-refractivity contribution in [2.45, 2.75) is 32.6 Å². The van der Waals surface area contributed by atoms with E-state index in [9.17, 15) is 4.79 Å². The molecule has 84 valence electrons. The summed E-state index contributed by atoms with van der Waals surface area (Å²) in [6.45, 7) is 3.38. The molecule has 0 spiro atoms. The summed E-state index contributed by atoms with van der Waals surface area (Å²) in [6.07, 6.45) is 2.23. The Bertz CT molecular complexity index is 137. The highest BCUT2D eigenvalue weighted by Crippen LogP contribution is 1.94. The maximum Gasteiger partial charge on any atom is 0.505 e. The van der Waals surface area contributed by atoms with Gasteiger partial charge in [-0.2, -0.15) is 0 Å². The fraction of sp³-hybridized carbons (Fsp3) is 0.889. The quantitative estimate of drug-likeness (QED) is 0.271. The highest BCUT2D eigenvalue weighted by molar-refractivity contribution is 5.56. The van der Waals surface area contributed by atoms with E-state index < -0.39 is 6.16 Å². The van der Waals surface area contributed by atoms with Crippen LogP contribution in [0.25, 0.3) is 0 Å². The Balaban J connectivity index is 2.88. The first-order valence-corrected chi connectivity index (χ1v) is 4.87. The van der Waals surface area contributed by atoms with Crippen molar-refractivity contribution in [2.75, 3.05) is 19.8 Å². The molecule has 0 radical (unpaired) electrons. The van der Waals surface area contributed by atoms with Crippen molar-refractivity contribution < 1.29 is 24.4 Å².